The SMILES string of the molecule is CC(C)C(=O)NCCn1c2c(c3cc(Cl)ccc31)C1CCC(C2)N1C. The zero-order valence-electron chi connectivity index (χ0n) is 15.2. The van der Waals surface area contributed by atoms with Gasteiger partial charge in [-0.2, -0.15) is 0 Å². The van der Waals surface area contributed by atoms with Crippen molar-refractivity contribution in [2.24, 2.45) is 5.92 Å². The van der Waals surface area contributed by atoms with Crippen molar-refractivity contribution in [3.63, 3.8) is 0 Å². The maximum absolute atomic E-state index is 11.9. The Labute approximate surface area is 154 Å². The van der Waals surface area contributed by atoms with Gasteiger partial charge in [0.05, 0.1) is 0 Å². The number of likely N-dealkylation sites (N-methyl/N-ethyl adjacent to an activating group) is 1. The van der Waals surface area contributed by atoms with Crippen molar-refractivity contribution < 1.29 is 4.79 Å². The fraction of sp³-hybridized carbons (Fsp3) is 0.550. The maximum Gasteiger partial charge on any atom is 0.222 e. The van der Waals surface area contributed by atoms with Crippen LogP contribution in [0.25, 0.3) is 10.9 Å². The van der Waals surface area contributed by atoms with E-state index >= 15 is 0 Å². The molecule has 2 aliphatic heterocycles. The first-order valence-corrected chi connectivity index (χ1v) is 9.65. The minimum Gasteiger partial charge on any atom is -0.354 e. The van der Waals surface area contributed by atoms with E-state index in [9.17, 15) is 4.79 Å². The molecule has 4 nitrogen and oxygen atoms in total. The number of carbonyl (C=O) groups is 1. The second-order valence-corrected chi connectivity index (χ2v) is 8.17. The van der Waals surface area contributed by atoms with Crippen molar-refractivity contribution in [1.29, 1.82) is 0 Å². The van der Waals surface area contributed by atoms with Crippen molar-refractivity contribution in [2.75, 3.05) is 13.6 Å². The molecule has 2 aliphatic rings. The van der Waals surface area contributed by atoms with Gasteiger partial charge in [0, 0.05) is 59.1 Å². The molecule has 0 saturated carbocycles. The van der Waals surface area contributed by atoms with Gasteiger partial charge in [0.25, 0.3) is 0 Å². The van der Waals surface area contributed by atoms with E-state index in [0.717, 1.165) is 18.0 Å². The van der Waals surface area contributed by atoms with Crippen LogP contribution in [0, 0.1) is 5.92 Å². The number of halogens is 1. The summed E-state index contributed by atoms with van der Waals surface area (Å²) in [5.41, 5.74) is 4.15. The Morgan fingerprint density at radius 3 is 2.92 bits per heavy atom. The third-order valence-electron chi connectivity index (χ3n) is 5.94. The van der Waals surface area contributed by atoms with E-state index in [1.54, 1.807) is 0 Å². The number of nitrogens with one attached hydrogen (secondary N) is 1. The number of fused-ring (bicyclic) bond motifs is 6. The number of benzene rings is 1. The molecule has 4 rings (SSSR count). The molecule has 2 atom stereocenters. The van der Waals surface area contributed by atoms with Crippen molar-refractivity contribution in [2.45, 2.75) is 51.7 Å². The van der Waals surface area contributed by atoms with Crippen molar-refractivity contribution in [3.8, 4) is 0 Å². The fourth-order valence-electron chi connectivity index (χ4n) is 4.58. The molecule has 1 aromatic carbocycles. The maximum atomic E-state index is 11.9. The molecular formula is C20H26ClN3O. The Morgan fingerprint density at radius 1 is 1.36 bits per heavy atom. The van der Waals surface area contributed by atoms with E-state index in [-0.39, 0.29) is 11.8 Å². The van der Waals surface area contributed by atoms with Crippen LogP contribution >= 0.6 is 11.6 Å². The van der Waals surface area contributed by atoms with Crippen LogP contribution in [0.15, 0.2) is 18.2 Å². The van der Waals surface area contributed by atoms with Crippen LogP contribution in [0.5, 0.6) is 0 Å². The smallest absolute Gasteiger partial charge is 0.222 e. The van der Waals surface area contributed by atoms with E-state index in [2.05, 4.69) is 34.0 Å². The first kappa shape index (κ1) is 16.9. The molecular weight excluding hydrogens is 334 g/mol. The number of hydrogen-bond acceptors (Lipinski definition) is 2. The first-order chi connectivity index (χ1) is 12.0. The normalized spacial score (nSPS) is 22.6. The highest BCUT2D eigenvalue weighted by molar-refractivity contribution is 6.31. The highest BCUT2D eigenvalue weighted by atomic mass is 35.5. The minimum absolute atomic E-state index is 0.0265. The summed E-state index contributed by atoms with van der Waals surface area (Å²) >= 11 is 6.31. The number of rotatable bonds is 4. The van der Waals surface area contributed by atoms with Crippen LogP contribution in [-0.2, 0) is 17.8 Å². The molecule has 5 heteroatoms. The van der Waals surface area contributed by atoms with Crippen LogP contribution in [-0.4, -0.2) is 35.0 Å². The third kappa shape index (κ3) is 2.76. The molecule has 0 radical (unpaired) electrons. The molecule has 134 valence electrons. The number of aromatic nitrogens is 1. The lowest BCUT2D eigenvalue weighted by molar-refractivity contribution is -0.124. The van der Waals surface area contributed by atoms with Crippen LogP contribution in [0.4, 0.5) is 0 Å². The molecule has 2 unspecified atom stereocenters. The monoisotopic (exact) mass is 359 g/mol. The second kappa shape index (κ2) is 6.33. The Balaban J connectivity index is 1.72. The Bertz CT molecular complexity index is 826. The van der Waals surface area contributed by atoms with E-state index < -0.39 is 0 Å². The van der Waals surface area contributed by atoms with E-state index in [0.29, 0.717) is 18.6 Å². The van der Waals surface area contributed by atoms with Gasteiger partial charge in [-0.1, -0.05) is 25.4 Å². The zero-order valence-corrected chi connectivity index (χ0v) is 15.9. The van der Waals surface area contributed by atoms with Gasteiger partial charge in [0.2, 0.25) is 5.91 Å². The summed E-state index contributed by atoms with van der Waals surface area (Å²) in [5, 5.41) is 5.14. The lowest BCUT2D eigenvalue weighted by Gasteiger charge is -2.32. The number of hydrogen-bond donors (Lipinski definition) is 1. The first-order valence-electron chi connectivity index (χ1n) is 9.27. The van der Waals surface area contributed by atoms with Crippen molar-refractivity contribution in [1.82, 2.24) is 14.8 Å². The fourth-order valence-corrected chi connectivity index (χ4v) is 4.75. The molecule has 1 aromatic heterocycles. The highest BCUT2D eigenvalue weighted by Crippen LogP contribution is 2.47. The lowest BCUT2D eigenvalue weighted by atomic mass is 9.97. The molecule has 1 N–H and O–H groups in total. The van der Waals surface area contributed by atoms with Gasteiger partial charge < -0.3 is 9.88 Å². The van der Waals surface area contributed by atoms with Crippen LogP contribution in [0.2, 0.25) is 5.02 Å². The number of amides is 1. The summed E-state index contributed by atoms with van der Waals surface area (Å²) in [7, 11) is 2.25. The van der Waals surface area contributed by atoms with E-state index in [4.69, 9.17) is 11.6 Å². The Morgan fingerprint density at radius 2 is 2.16 bits per heavy atom. The Kier molecular flexibility index (Phi) is 4.28. The molecule has 1 saturated heterocycles. The molecule has 0 spiro atoms. The van der Waals surface area contributed by atoms with Crippen molar-refractivity contribution in [3.05, 3.63) is 34.5 Å². The summed E-state index contributed by atoms with van der Waals surface area (Å²) in [6, 6.07) is 7.36. The molecule has 1 fully saturated rings. The topological polar surface area (TPSA) is 37.3 Å². The van der Waals surface area contributed by atoms with Gasteiger partial charge in [-0.15, -0.1) is 0 Å². The second-order valence-electron chi connectivity index (χ2n) is 7.74. The zero-order chi connectivity index (χ0) is 17.7. The van der Waals surface area contributed by atoms with E-state index in [1.165, 1.54) is 35.0 Å². The lowest BCUT2D eigenvalue weighted by Crippen LogP contribution is -2.35. The molecule has 0 aliphatic carbocycles. The Hall–Kier alpha value is -1.52. The summed E-state index contributed by atoms with van der Waals surface area (Å²) in [4.78, 5) is 14.4. The van der Waals surface area contributed by atoms with Gasteiger partial charge in [-0.05, 0) is 43.7 Å². The average Bonchev–Trinajstić information content (AvgIpc) is 2.98. The predicted molar refractivity (Wildman–Crippen MR) is 102 cm³/mol. The summed E-state index contributed by atoms with van der Waals surface area (Å²) in [6.07, 6.45) is 3.58. The van der Waals surface area contributed by atoms with Crippen LogP contribution in [0.1, 0.15) is 44.0 Å². The molecule has 2 bridgehead atoms. The van der Waals surface area contributed by atoms with Gasteiger partial charge in [0.1, 0.15) is 0 Å². The number of nitrogens with zero attached hydrogens (tertiary/aromatic N) is 2. The largest absolute Gasteiger partial charge is 0.354 e. The minimum atomic E-state index is 0.0265. The van der Waals surface area contributed by atoms with Crippen molar-refractivity contribution >= 4 is 28.4 Å². The van der Waals surface area contributed by atoms with Crippen LogP contribution in [0.3, 0.4) is 0 Å². The summed E-state index contributed by atoms with van der Waals surface area (Å²) in [6.45, 7) is 5.34. The van der Waals surface area contributed by atoms with Gasteiger partial charge >= 0.3 is 0 Å². The van der Waals surface area contributed by atoms with Crippen LogP contribution < -0.4 is 5.32 Å². The highest BCUT2D eigenvalue weighted by Gasteiger charge is 2.40. The van der Waals surface area contributed by atoms with E-state index in [1.807, 2.05) is 19.9 Å². The average molecular weight is 360 g/mol. The molecule has 2 aromatic rings. The standard InChI is InChI=1S/C20H26ClN3O/c1-12(2)20(25)22-8-9-24-16-6-4-13(21)10-15(16)19-17-7-5-14(23(17)3)11-18(19)24/h4,6,10,12,14,17H,5,7-9,11H2,1-3H3,(H,22,25). The van der Waals surface area contributed by atoms with Gasteiger partial charge in [-0.25, -0.2) is 0 Å². The summed E-state index contributed by atoms with van der Waals surface area (Å²) < 4.78 is 2.42. The van der Waals surface area contributed by atoms with Gasteiger partial charge in [-0.3, -0.25) is 9.69 Å². The predicted octanol–water partition coefficient (Wildman–Crippen LogP) is 3.76. The van der Waals surface area contributed by atoms with Gasteiger partial charge in [0.15, 0.2) is 0 Å². The quantitative estimate of drug-likeness (QED) is 0.902. The number of carbonyl (C=O) groups excluding carboxylic acids is 1. The molecule has 25 heavy (non-hydrogen) atoms. The summed E-state index contributed by atoms with van der Waals surface area (Å²) in [5.74, 6) is 0.145. The third-order valence-corrected chi connectivity index (χ3v) is 6.17. The molecule has 3 heterocycles. The molecule has 1 amide bonds.